The lowest BCUT2D eigenvalue weighted by atomic mass is 10.1. The van der Waals surface area contributed by atoms with Crippen LogP contribution in [-0.2, 0) is 11.3 Å². The van der Waals surface area contributed by atoms with Gasteiger partial charge in [0.1, 0.15) is 0 Å². The maximum Gasteiger partial charge on any atom is 0.231 e. The number of likely N-dealkylation sites (tertiary alicyclic amines) is 1. The molecule has 0 atom stereocenters. The van der Waals surface area contributed by atoms with E-state index in [2.05, 4.69) is 20.5 Å². The summed E-state index contributed by atoms with van der Waals surface area (Å²) in [5, 5.41) is 6.57. The van der Waals surface area contributed by atoms with Crippen molar-refractivity contribution in [3.63, 3.8) is 0 Å². The lowest BCUT2D eigenvalue weighted by Crippen LogP contribution is -2.49. The van der Waals surface area contributed by atoms with E-state index >= 15 is 0 Å². The number of aliphatic imine (C=N–C) groups is 1. The van der Waals surface area contributed by atoms with Crippen LogP contribution in [0.4, 0.5) is 4.39 Å². The van der Waals surface area contributed by atoms with Crippen LogP contribution in [0.3, 0.4) is 0 Å². The molecule has 1 aliphatic rings. The number of amides is 1. The third-order valence-corrected chi connectivity index (χ3v) is 4.29. The van der Waals surface area contributed by atoms with Gasteiger partial charge in [-0.2, -0.15) is 0 Å². The topological polar surface area (TPSA) is 92.0 Å². The second-order valence-electron chi connectivity index (χ2n) is 6.28. The number of nitrogens with zero attached hydrogens (tertiary/aromatic N) is 2. The number of primary amides is 1. The summed E-state index contributed by atoms with van der Waals surface area (Å²) < 4.78 is 19.1. The summed E-state index contributed by atoms with van der Waals surface area (Å²) in [6.07, 6.45) is 1.82. The van der Waals surface area contributed by atoms with E-state index in [1.807, 2.05) is 13.0 Å². The number of carbonyl (C=O) groups is 1. The number of carbonyl (C=O) groups excluding carboxylic acids is 1. The molecule has 1 aromatic rings. The van der Waals surface area contributed by atoms with E-state index in [0.717, 1.165) is 31.5 Å². The SMILES string of the molecule is CCOc1ccc(CNC(=NC)NC2CCN(CC(N)=O)CC2)cc1F. The van der Waals surface area contributed by atoms with Gasteiger partial charge >= 0.3 is 0 Å². The fourth-order valence-corrected chi connectivity index (χ4v) is 2.96. The predicted molar refractivity (Wildman–Crippen MR) is 99.6 cm³/mol. The molecule has 0 radical (unpaired) electrons. The minimum Gasteiger partial charge on any atom is -0.491 e. The lowest BCUT2D eigenvalue weighted by molar-refractivity contribution is -0.119. The van der Waals surface area contributed by atoms with Gasteiger partial charge in [-0.15, -0.1) is 0 Å². The average Bonchev–Trinajstić information content (AvgIpc) is 2.62. The maximum absolute atomic E-state index is 13.9. The Hall–Kier alpha value is -2.35. The minimum absolute atomic E-state index is 0.265. The van der Waals surface area contributed by atoms with E-state index < -0.39 is 0 Å². The Kier molecular flexibility index (Phi) is 7.65. The van der Waals surface area contributed by atoms with Crippen LogP contribution in [0.1, 0.15) is 25.3 Å². The molecule has 1 aromatic carbocycles. The Balaban J connectivity index is 1.80. The van der Waals surface area contributed by atoms with Crippen LogP contribution in [0.2, 0.25) is 0 Å². The molecular formula is C18H28FN5O2. The molecule has 0 spiro atoms. The van der Waals surface area contributed by atoms with Gasteiger partial charge in [0.05, 0.1) is 13.2 Å². The highest BCUT2D eigenvalue weighted by Gasteiger charge is 2.20. The molecule has 0 bridgehead atoms. The summed E-state index contributed by atoms with van der Waals surface area (Å²) in [5.74, 6) is 0.279. The van der Waals surface area contributed by atoms with Crippen LogP contribution in [0.15, 0.2) is 23.2 Å². The Labute approximate surface area is 153 Å². The number of piperidine rings is 1. The second kappa shape index (κ2) is 9.96. The first-order valence-corrected chi connectivity index (χ1v) is 8.91. The summed E-state index contributed by atoms with van der Waals surface area (Å²) in [6, 6.07) is 5.22. The summed E-state index contributed by atoms with van der Waals surface area (Å²) in [5.41, 5.74) is 6.04. The van der Waals surface area contributed by atoms with Crippen molar-refractivity contribution in [2.24, 2.45) is 10.7 Å². The van der Waals surface area contributed by atoms with Crippen molar-refractivity contribution in [2.45, 2.75) is 32.4 Å². The molecule has 7 nitrogen and oxygen atoms in total. The Morgan fingerprint density at radius 2 is 2.15 bits per heavy atom. The smallest absolute Gasteiger partial charge is 0.231 e. The molecule has 1 fully saturated rings. The van der Waals surface area contributed by atoms with Gasteiger partial charge < -0.3 is 21.1 Å². The van der Waals surface area contributed by atoms with Crippen molar-refractivity contribution in [1.82, 2.24) is 15.5 Å². The zero-order valence-electron chi connectivity index (χ0n) is 15.4. The number of hydrogen-bond donors (Lipinski definition) is 3. The maximum atomic E-state index is 13.9. The first kappa shape index (κ1) is 20.0. The van der Waals surface area contributed by atoms with Crippen molar-refractivity contribution in [3.05, 3.63) is 29.6 Å². The van der Waals surface area contributed by atoms with E-state index in [1.54, 1.807) is 13.1 Å². The van der Waals surface area contributed by atoms with Crippen LogP contribution in [-0.4, -0.2) is 56.1 Å². The zero-order chi connectivity index (χ0) is 18.9. The summed E-state index contributed by atoms with van der Waals surface area (Å²) in [4.78, 5) is 17.3. The lowest BCUT2D eigenvalue weighted by Gasteiger charge is -2.32. The van der Waals surface area contributed by atoms with Gasteiger partial charge in [0.15, 0.2) is 17.5 Å². The number of ether oxygens (including phenoxy) is 1. The Bertz CT molecular complexity index is 630. The van der Waals surface area contributed by atoms with Gasteiger partial charge in [-0.25, -0.2) is 4.39 Å². The molecule has 0 saturated carbocycles. The molecule has 26 heavy (non-hydrogen) atoms. The molecular weight excluding hydrogens is 337 g/mol. The van der Waals surface area contributed by atoms with Gasteiger partial charge in [-0.1, -0.05) is 6.07 Å². The number of nitrogens with two attached hydrogens (primary N) is 1. The average molecular weight is 365 g/mol. The van der Waals surface area contributed by atoms with Crippen molar-refractivity contribution in [1.29, 1.82) is 0 Å². The summed E-state index contributed by atoms with van der Waals surface area (Å²) in [6.45, 7) is 4.67. The van der Waals surface area contributed by atoms with Crippen molar-refractivity contribution in [3.8, 4) is 5.75 Å². The third kappa shape index (κ3) is 6.18. The van der Waals surface area contributed by atoms with Crippen LogP contribution >= 0.6 is 0 Å². The van der Waals surface area contributed by atoms with E-state index in [0.29, 0.717) is 25.7 Å². The molecule has 144 valence electrons. The molecule has 1 amide bonds. The molecule has 0 aliphatic carbocycles. The molecule has 4 N–H and O–H groups in total. The molecule has 0 unspecified atom stereocenters. The highest BCUT2D eigenvalue weighted by atomic mass is 19.1. The number of benzene rings is 1. The number of nitrogens with one attached hydrogen (secondary N) is 2. The van der Waals surface area contributed by atoms with Gasteiger partial charge in [0.2, 0.25) is 5.91 Å². The van der Waals surface area contributed by atoms with E-state index in [1.165, 1.54) is 6.07 Å². The van der Waals surface area contributed by atoms with Gasteiger partial charge in [-0.3, -0.25) is 14.7 Å². The highest BCUT2D eigenvalue weighted by molar-refractivity contribution is 5.80. The van der Waals surface area contributed by atoms with Gasteiger partial charge in [0, 0.05) is 32.7 Å². The first-order chi connectivity index (χ1) is 12.5. The van der Waals surface area contributed by atoms with Gasteiger partial charge in [-0.05, 0) is 37.5 Å². The molecule has 1 aliphatic heterocycles. The standard InChI is InChI=1S/C18H28FN5O2/c1-3-26-16-5-4-13(10-15(16)19)11-22-18(21-2)23-14-6-8-24(9-7-14)12-17(20)25/h4-5,10,14H,3,6-9,11-12H2,1-2H3,(H2,20,25)(H2,21,22,23). The first-order valence-electron chi connectivity index (χ1n) is 8.91. The number of halogens is 1. The molecule has 1 saturated heterocycles. The summed E-state index contributed by atoms with van der Waals surface area (Å²) >= 11 is 0. The number of guanidine groups is 1. The summed E-state index contributed by atoms with van der Waals surface area (Å²) in [7, 11) is 1.70. The van der Waals surface area contributed by atoms with Gasteiger partial charge in [0.25, 0.3) is 0 Å². The monoisotopic (exact) mass is 365 g/mol. The van der Waals surface area contributed by atoms with E-state index in [-0.39, 0.29) is 23.5 Å². The fourth-order valence-electron chi connectivity index (χ4n) is 2.96. The van der Waals surface area contributed by atoms with Crippen molar-refractivity contribution >= 4 is 11.9 Å². The molecule has 1 heterocycles. The van der Waals surface area contributed by atoms with E-state index in [9.17, 15) is 9.18 Å². The Morgan fingerprint density at radius 1 is 1.42 bits per heavy atom. The fraction of sp³-hybridized carbons (Fsp3) is 0.556. The Morgan fingerprint density at radius 3 is 2.73 bits per heavy atom. The van der Waals surface area contributed by atoms with E-state index in [4.69, 9.17) is 10.5 Å². The second-order valence-corrected chi connectivity index (χ2v) is 6.28. The van der Waals surface area contributed by atoms with Crippen LogP contribution in [0, 0.1) is 5.82 Å². The normalized spacial score (nSPS) is 16.3. The molecule has 8 heteroatoms. The predicted octanol–water partition coefficient (Wildman–Crippen LogP) is 0.839. The minimum atomic E-state index is -0.365. The third-order valence-electron chi connectivity index (χ3n) is 4.29. The van der Waals surface area contributed by atoms with Crippen molar-refractivity contribution in [2.75, 3.05) is 33.3 Å². The van der Waals surface area contributed by atoms with Crippen LogP contribution in [0.5, 0.6) is 5.75 Å². The molecule has 2 rings (SSSR count). The largest absolute Gasteiger partial charge is 0.491 e. The number of hydrogen-bond acceptors (Lipinski definition) is 4. The molecule has 0 aromatic heterocycles. The van der Waals surface area contributed by atoms with Crippen LogP contribution in [0.25, 0.3) is 0 Å². The quantitative estimate of drug-likeness (QED) is 0.492. The van der Waals surface area contributed by atoms with Crippen LogP contribution < -0.4 is 21.1 Å². The highest BCUT2D eigenvalue weighted by Crippen LogP contribution is 2.18. The number of rotatable bonds is 7. The van der Waals surface area contributed by atoms with Crippen molar-refractivity contribution < 1.29 is 13.9 Å². The zero-order valence-corrected chi connectivity index (χ0v) is 15.4.